The predicted molar refractivity (Wildman–Crippen MR) is 120 cm³/mol. The summed E-state index contributed by atoms with van der Waals surface area (Å²) in [5.41, 5.74) is 1.35. The summed E-state index contributed by atoms with van der Waals surface area (Å²) >= 11 is 0. The minimum atomic E-state index is -3.95. The molecule has 1 aliphatic heterocycles. The number of sulfonamides is 1. The van der Waals surface area contributed by atoms with Crippen molar-refractivity contribution in [3.05, 3.63) is 53.6 Å². The molecule has 3 rings (SSSR count). The number of urea groups is 1. The van der Waals surface area contributed by atoms with Crippen LogP contribution in [0.25, 0.3) is 0 Å². The summed E-state index contributed by atoms with van der Waals surface area (Å²) in [5, 5.41) is 4.49. The van der Waals surface area contributed by atoms with Gasteiger partial charge in [-0.05, 0) is 42.7 Å². The number of nitrogens with zero attached hydrogens (tertiary/aromatic N) is 1. The zero-order valence-corrected chi connectivity index (χ0v) is 19.1. The number of para-hydroxylation sites is 1. The van der Waals surface area contributed by atoms with Crippen LogP contribution in [0.2, 0.25) is 0 Å². The largest absolute Gasteiger partial charge is 0.496 e. The van der Waals surface area contributed by atoms with Crippen LogP contribution in [0.3, 0.4) is 0 Å². The zero-order valence-electron chi connectivity index (χ0n) is 18.3. The average Bonchev–Trinajstić information content (AvgIpc) is 3.25. The Morgan fingerprint density at radius 2 is 1.88 bits per heavy atom. The van der Waals surface area contributed by atoms with Gasteiger partial charge < -0.3 is 14.8 Å². The van der Waals surface area contributed by atoms with E-state index in [2.05, 4.69) is 5.32 Å². The predicted octanol–water partition coefficient (Wildman–Crippen LogP) is 1.84. The maximum absolute atomic E-state index is 13.3. The zero-order chi connectivity index (χ0) is 24.0. The Hall–Kier alpha value is -3.60. The maximum Gasteiger partial charge on any atom is 0.342 e. The molecule has 176 valence electrons. The van der Waals surface area contributed by atoms with Crippen molar-refractivity contribution in [1.82, 2.24) is 10.6 Å². The first-order chi connectivity index (χ1) is 15.8. The van der Waals surface area contributed by atoms with Crippen LogP contribution in [0.15, 0.2) is 47.4 Å². The molecular formula is C22H25N3O7S. The summed E-state index contributed by atoms with van der Waals surface area (Å²) in [6, 6.07) is 10.4. The highest BCUT2D eigenvalue weighted by atomic mass is 32.2. The molecule has 0 saturated carbocycles. The summed E-state index contributed by atoms with van der Waals surface area (Å²) in [4.78, 5) is 35.8. The first-order valence-electron chi connectivity index (χ1n) is 10.3. The Kier molecular flexibility index (Phi) is 7.54. The van der Waals surface area contributed by atoms with E-state index in [4.69, 9.17) is 9.47 Å². The van der Waals surface area contributed by atoms with Crippen molar-refractivity contribution < 1.29 is 32.3 Å². The number of methoxy groups -OCH3 is 1. The van der Waals surface area contributed by atoms with Gasteiger partial charge in [-0.2, -0.15) is 0 Å². The third kappa shape index (κ3) is 5.43. The van der Waals surface area contributed by atoms with Crippen molar-refractivity contribution in [2.45, 2.75) is 24.7 Å². The van der Waals surface area contributed by atoms with Crippen LogP contribution >= 0.6 is 0 Å². The van der Waals surface area contributed by atoms with Gasteiger partial charge in [-0.1, -0.05) is 25.1 Å². The first kappa shape index (κ1) is 24.1. The fraction of sp³-hybridized carbons (Fsp3) is 0.318. The van der Waals surface area contributed by atoms with Gasteiger partial charge in [0.25, 0.3) is 15.9 Å². The Morgan fingerprint density at radius 3 is 2.61 bits per heavy atom. The van der Waals surface area contributed by atoms with Crippen molar-refractivity contribution in [2.24, 2.45) is 0 Å². The van der Waals surface area contributed by atoms with Crippen molar-refractivity contribution in [1.29, 1.82) is 0 Å². The van der Waals surface area contributed by atoms with Crippen molar-refractivity contribution in [3.8, 4) is 5.75 Å². The van der Waals surface area contributed by atoms with Crippen molar-refractivity contribution in [3.63, 3.8) is 0 Å². The molecular weight excluding hydrogens is 450 g/mol. The molecule has 0 aromatic heterocycles. The van der Waals surface area contributed by atoms with E-state index in [0.29, 0.717) is 25.1 Å². The number of nitrogens with one attached hydrogen (secondary N) is 2. The standard InChI is InChI=1S/C22H25N3O7S/c1-3-11-23-22(28)24-20(26)14-32-21(27)17-13-16(8-9-19(17)31-2)33(29,30)25-12-10-15-6-4-5-7-18(15)25/h4-9,13H,3,10-12,14H2,1-2H3,(H2,23,24,26,28). The molecule has 1 heterocycles. The summed E-state index contributed by atoms with van der Waals surface area (Å²) in [7, 11) is -2.63. The van der Waals surface area contributed by atoms with Crippen LogP contribution in [0, 0.1) is 0 Å². The van der Waals surface area contributed by atoms with Crippen molar-refractivity contribution >= 4 is 33.6 Å². The van der Waals surface area contributed by atoms with Gasteiger partial charge in [0.2, 0.25) is 0 Å². The number of hydrogen-bond acceptors (Lipinski definition) is 7. The van der Waals surface area contributed by atoms with E-state index in [9.17, 15) is 22.8 Å². The smallest absolute Gasteiger partial charge is 0.342 e. The highest BCUT2D eigenvalue weighted by Gasteiger charge is 2.32. The number of carbonyl (C=O) groups excluding carboxylic acids is 3. The van der Waals surface area contributed by atoms with Gasteiger partial charge in [-0.3, -0.25) is 14.4 Å². The van der Waals surface area contributed by atoms with Gasteiger partial charge in [0.1, 0.15) is 11.3 Å². The molecule has 2 aromatic carbocycles. The molecule has 33 heavy (non-hydrogen) atoms. The average molecular weight is 476 g/mol. The van der Waals surface area contributed by atoms with Gasteiger partial charge >= 0.3 is 12.0 Å². The van der Waals surface area contributed by atoms with Gasteiger partial charge in [0, 0.05) is 13.1 Å². The summed E-state index contributed by atoms with van der Waals surface area (Å²) in [6.07, 6.45) is 1.28. The Labute approximate surface area is 191 Å². The Bertz CT molecular complexity index is 1160. The first-order valence-corrected chi connectivity index (χ1v) is 11.8. The van der Waals surface area contributed by atoms with Gasteiger partial charge in [-0.25, -0.2) is 18.0 Å². The van der Waals surface area contributed by atoms with E-state index >= 15 is 0 Å². The van der Waals surface area contributed by atoms with Gasteiger partial charge in [-0.15, -0.1) is 0 Å². The molecule has 0 atom stereocenters. The SMILES string of the molecule is CCCNC(=O)NC(=O)COC(=O)c1cc(S(=O)(=O)N2CCc3ccccc32)ccc1OC. The molecule has 2 N–H and O–H groups in total. The lowest BCUT2D eigenvalue weighted by Crippen LogP contribution is -2.41. The molecule has 0 radical (unpaired) electrons. The summed E-state index contributed by atoms with van der Waals surface area (Å²) < 4.78 is 38.0. The molecule has 0 spiro atoms. The van der Waals surface area contributed by atoms with E-state index in [1.54, 1.807) is 12.1 Å². The summed E-state index contributed by atoms with van der Waals surface area (Å²) in [5.74, 6) is -1.70. The van der Waals surface area contributed by atoms with Crippen LogP contribution in [-0.4, -0.2) is 53.1 Å². The Balaban J connectivity index is 1.76. The lowest BCUT2D eigenvalue weighted by Gasteiger charge is -2.20. The molecule has 2 aromatic rings. The van der Waals surface area contributed by atoms with Crippen molar-refractivity contribution in [2.75, 3.05) is 31.1 Å². The molecule has 10 nitrogen and oxygen atoms in total. The molecule has 3 amide bonds. The quantitative estimate of drug-likeness (QED) is 0.557. The van der Waals surface area contributed by atoms with Gasteiger partial charge in [0.05, 0.1) is 17.7 Å². The monoisotopic (exact) mass is 475 g/mol. The number of benzene rings is 2. The second-order valence-corrected chi connectivity index (χ2v) is 9.06. The molecule has 0 saturated heterocycles. The molecule has 0 fully saturated rings. The van der Waals surface area contributed by atoms with E-state index in [-0.39, 0.29) is 22.8 Å². The second kappa shape index (κ2) is 10.3. The highest BCUT2D eigenvalue weighted by molar-refractivity contribution is 7.92. The van der Waals surface area contributed by atoms with Crippen LogP contribution in [-0.2, 0) is 26.0 Å². The summed E-state index contributed by atoms with van der Waals surface area (Å²) in [6.45, 7) is 1.80. The van der Waals surface area contributed by atoms with Crippen LogP contribution < -0.4 is 19.7 Å². The number of anilines is 1. The second-order valence-electron chi connectivity index (χ2n) is 7.20. The van der Waals surface area contributed by atoms with E-state index in [1.165, 1.54) is 23.5 Å². The third-order valence-corrected chi connectivity index (χ3v) is 6.76. The van der Waals surface area contributed by atoms with E-state index in [1.807, 2.05) is 24.4 Å². The number of hydrogen-bond donors (Lipinski definition) is 2. The number of fused-ring (bicyclic) bond motifs is 1. The number of amides is 3. The number of ether oxygens (including phenoxy) is 2. The minimum absolute atomic E-state index is 0.0851. The normalized spacial score (nSPS) is 12.6. The molecule has 1 aliphatic rings. The lowest BCUT2D eigenvalue weighted by molar-refractivity contribution is -0.123. The fourth-order valence-corrected chi connectivity index (χ4v) is 4.88. The number of carbonyl (C=O) groups is 3. The fourth-order valence-electron chi connectivity index (χ4n) is 3.35. The lowest BCUT2D eigenvalue weighted by atomic mass is 10.2. The highest BCUT2D eigenvalue weighted by Crippen LogP contribution is 2.34. The van der Waals surface area contributed by atoms with E-state index in [0.717, 1.165) is 11.6 Å². The molecule has 0 bridgehead atoms. The number of esters is 1. The number of imide groups is 1. The molecule has 0 aliphatic carbocycles. The van der Waals surface area contributed by atoms with Crippen LogP contribution in [0.5, 0.6) is 5.75 Å². The minimum Gasteiger partial charge on any atom is -0.496 e. The van der Waals surface area contributed by atoms with Crippen LogP contribution in [0.4, 0.5) is 10.5 Å². The Morgan fingerprint density at radius 1 is 1.12 bits per heavy atom. The molecule has 0 unspecified atom stereocenters. The van der Waals surface area contributed by atoms with E-state index < -0.39 is 34.5 Å². The number of rotatable bonds is 8. The molecule has 11 heteroatoms. The third-order valence-electron chi connectivity index (χ3n) is 4.95. The van der Waals surface area contributed by atoms with Crippen LogP contribution in [0.1, 0.15) is 29.3 Å². The topological polar surface area (TPSA) is 131 Å². The maximum atomic E-state index is 13.3. The van der Waals surface area contributed by atoms with Gasteiger partial charge in [0.15, 0.2) is 6.61 Å².